The molecular formula is C12H15F2NO. The summed E-state index contributed by atoms with van der Waals surface area (Å²) < 4.78 is 32.1. The van der Waals surface area contributed by atoms with Crippen molar-refractivity contribution in [1.29, 1.82) is 0 Å². The highest BCUT2D eigenvalue weighted by atomic mass is 19.1. The maximum absolute atomic E-state index is 13.4. The van der Waals surface area contributed by atoms with E-state index >= 15 is 0 Å². The first-order valence-electron chi connectivity index (χ1n) is 5.51. The number of ether oxygens (including phenoxy) is 1. The molecule has 0 heterocycles. The summed E-state index contributed by atoms with van der Waals surface area (Å²) in [5.41, 5.74) is 5.75. The first-order valence-corrected chi connectivity index (χ1v) is 5.51. The molecule has 0 atom stereocenters. The van der Waals surface area contributed by atoms with Gasteiger partial charge in [0.1, 0.15) is 0 Å². The monoisotopic (exact) mass is 227 g/mol. The average Bonchev–Trinajstić information content (AvgIpc) is 2.19. The minimum atomic E-state index is -0.667. The zero-order valence-electron chi connectivity index (χ0n) is 9.01. The highest BCUT2D eigenvalue weighted by Gasteiger charge is 2.20. The van der Waals surface area contributed by atoms with Crippen molar-refractivity contribution in [3.8, 4) is 5.75 Å². The van der Waals surface area contributed by atoms with Crippen molar-refractivity contribution < 1.29 is 13.5 Å². The molecule has 0 amide bonds. The Labute approximate surface area is 93.4 Å². The lowest BCUT2D eigenvalue weighted by molar-refractivity contribution is 0.170. The summed E-state index contributed by atoms with van der Waals surface area (Å²) in [7, 11) is 0. The number of nitrogens with two attached hydrogens (primary N) is 1. The van der Waals surface area contributed by atoms with E-state index in [2.05, 4.69) is 0 Å². The van der Waals surface area contributed by atoms with E-state index in [0.717, 1.165) is 12.8 Å². The van der Waals surface area contributed by atoms with Crippen LogP contribution in [-0.2, 0) is 6.54 Å². The van der Waals surface area contributed by atoms with Gasteiger partial charge in [-0.25, -0.2) is 8.78 Å². The molecule has 1 saturated carbocycles. The molecule has 0 aromatic heterocycles. The van der Waals surface area contributed by atoms with Gasteiger partial charge in [-0.3, -0.25) is 0 Å². The molecule has 0 spiro atoms. The molecule has 0 radical (unpaired) electrons. The smallest absolute Gasteiger partial charge is 0.190 e. The SMILES string of the molecule is NCc1cc(F)c(OCC2CCC2)c(F)c1. The molecule has 88 valence electrons. The third kappa shape index (κ3) is 2.32. The summed E-state index contributed by atoms with van der Waals surface area (Å²) >= 11 is 0. The Kier molecular flexibility index (Phi) is 3.39. The number of benzene rings is 1. The minimum Gasteiger partial charge on any atom is -0.487 e. The van der Waals surface area contributed by atoms with Crippen molar-refractivity contribution in [2.45, 2.75) is 25.8 Å². The second kappa shape index (κ2) is 4.78. The van der Waals surface area contributed by atoms with Crippen LogP contribution in [0.1, 0.15) is 24.8 Å². The lowest BCUT2D eigenvalue weighted by atomic mass is 9.86. The maximum Gasteiger partial charge on any atom is 0.190 e. The molecule has 1 fully saturated rings. The highest BCUT2D eigenvalue weighted by Crippen LogP contribution is 2.29. The van der Waals surface area contributed by atoms with Gasteiger partial charge in [0.15, 0.2) is 17.4 Å². The normalized spacial score (nSPS) is 15.9. The molecule has 2 rings (SSSR count). The fourth-order valence-corrected chi connectivity index (χ4v) is 1.73. The Morgan fingerprint density at radius 3 is 2.31 bits per heavy atom. The van der Waals surface area contributed by atoms with E-state index in [-0.39, 0.29) is 12.3 Å². The van der Waals surface area contributed by atoms with Crippen LogP contribution in [0, 0.1) is 17.6 Å². The van der Waals surface area contributed by atoms with Gasteiger partial charge in [0, 0.05) is 6.54 Å². The summed E-state index contributed by atoms with van der Waals surface area (Å²) in [4.78, 5) is 0. The van der Waals surface area contributed by atoms with E-state index in [1.165, 1.54) is 18.6 Å². The largest absolute Gasteiger partial charge is 0.487 e. The van der Waals surface area contributed by atoms with E-state index in [9.17, 15) is 8.78 Å². The van der Waals surface area contributed by atoms with Gasteiger partial charge in [0.2, 0.25) is 0 Å². The van der Waals surface area contributed by atoms with Gasteiger partial charge in [-0.2, -0.15) is 0 Å². The average molecular weight is 227 g/mol. The first kappa shape index (κ1) is 11.3. The van der Waals surface area contributed by atoms with E-state index in [1.807, 2.05) is 0 Å². The van der Waals surface area contributed by atoms with E-state index in [1.54, 1.807) is 0 Å². The molecule has 2 nitrogen and oxygen atoms in total. The van der Waals surface area contributed by atoms with E-state index < -0.39 is 11.6 Å². The molecule has 1 aromatic rings. The van der Waals surface area contributed by atoms with Crippen LogP contribution in [0.25, 0.3) is 0 Å². The quantitative estimate of drug-likeness (QED) is 0.858. The lowest BCUT2D eigenvalue weighted by Gasteiger charge is -2.25. The molecule has 16 heavy (non-hydrogen) atoms. The van der Waals surface area contributed by atoms with Gasteiger partial charge >= 0.3 is 0 Å². The third-order valence-corrected chi connectivity index (χ3v) is 2.98. The van der Waals surface area contributed by atoms with Crippen LogP contribution in [-0.4, -0.2) is 6.61 Å². The van der Waals surface area contributed by atoms with Crippen LogP contribution >= 0.6 is 0 Å². The summed E-state index contributed by atoms with van der Waals surface area (Å²) in [5.74, 6) is -1.16. The molecule has 0 bridgehead atoms. The van der Waals surface area contributed by atoms with Crippen molar-refractivity contribution in [2.24, 2.45) is 11.7 Å². The minimum absolute atomic E-state index is 0.122. The van der Waals surface area contributed by atoms with Gasteiger partial charge in [0.25, 0.3) is 0 Å². The number of halogens is 2. The highest BCUT2D eigenvalue weighted by molar-refractivity contribution is 5.31. The number of hydrogen-bond donors (Lipinski definition) is 1. The number of hydrogen-bond acceptors (Lipinski definition) is 2. The third-order valence-electron chi connectivity index (χ3n) is 2.98. The molecule has 1 aliphatic carbocycles. The van der Waals surface area contributed by atoms with Gasteiger partial charge in [-0.1, -0.05) is 6.42 Å². The van der Waals surface area contributed by atoms with Crippen LogP contribution in [0.4, 0.5) is 8.78 Å². The van der Waals surface area contributed by atoms with Crippen LogP contribution in [0.3, 0.4) is 0 Å². The Balaban J connectivity index is 2.06. The molecule has 0 saturated heterocycles. The van der Waals surface area contributed by atoms with Crippen molar-refractivity contribution in [3.63, 3.8) is 0 Å². The Hall–Kier alpha value is -1.16. The maximum atomic E-state index is 13.4. The fraction of sp³-hybridized carbons (Fsp3) is 0.500. The molecule has 1 aromatic carbocycles. The molecule has 0 unspecified atom stereocenters. The van der Waals surface area contributed by atoms with Crippen LogP contribution < -0.4 is 10.5 Å². The first-order chi connectivity index (χ1) is 7.70. The van der Waals surface area contributed by atoms with Crippen molar-refractivity contribution in [2.75, 3.05) is 6.61 Å². The predicted molar refractivity (Wildman–Crippen MR) is 57.1 cm³/mol. The summed E-state index contributed by atoms with van der Waals surface area (Å²) in [6, 6.07) is 2.44. The molecule has 4 heteroatoms. The number of rotatable bonds is 4. The van der Waals surface area contributed by atoms with Gasteiger partial charge in [0.05, 0.1) is 6.61 Å². The van der Waals surface area contributed by atoms with Crippen LogP contribution in [0.2, 0.25) is 0 Å². The molecular weight excluding hydrogens is 212 g/mol. The Morgan fingerprint density at radius 1 is 1.25 bits per heavy atom. The van der Waals surface area contributed by atoms with Gasteiger partial charge in [-0.05, 0) is 36.5 Å². The zero-order valence-corrected chi connectivity index (χ0v) is 9.01. The van der Waals surface area contributed by atoms with E-state index in [4.69, 9.17) is 10.5 Å². The summed E-state index contributed by atoms with van der Waals surface area (Å²) in [6.07, 6.45) is 3.36. The summed E-state index contributed by atoms with van der Waals surface area (Å²) in [5, 5.41) is 0. The van der Waals surface area contributed by atoms with Crippen LogP contribution in [0.5, 0.6) is 5.75 Å². The van der Waals surface area contributed by atoms with Crippen LogP contribution in [0.15, 0.2) is 12.1 Å². The molecule has 0 aliphatic heterocycles. The molecule has 2 N–H and O–H groups in total. The standard InChI is InChI=1S/C12H15F2NO/c13-10-4-9(6-15)5-11(14)12(10)16-7-8-2-1-3-8/h4-5,8H,1-3,6-7,15H2. The Morgan fingerprint density at radius 2 is 1.88 bits per heavy atom. The predicted octanol–water partition coefficient (Wildman–Crippen LogP) is 2.60. The molecule has 1 aliphatic rings. The Bertz CT molecular complexity index is 354. The fourth-order valence-electron chi connectivity index (χ4n) is 1.73. The summed E-state index contributed by atoms with van der Waals surface area (Å²) in [6.45, 7) is 0.520. The van der Waals surface area contributed by atoms with Crippen molar-refractivity contribution in [3.05, 3.63) is 29.3 Å². The van der Waals surface area contributed by atoms with E-state index in [0.29, 0.717) is 18.1 Å². The second-order valence-corrected chi connectivity index (χ2v) is 4.20. The topological polar surface area (TPSA) is 35.2 Å². The van der Waals surface area contributed by atoms with Gasteiger partial charge in [-0.15, -0.1) is 0 Å². The zero-order chi connectivity index (χ0) is 11.5. The van der Waals surface area contributed by atoms with Crippen molar-refractivity contribution in [1.82, 2.24) is 0 Å². The second-order valence-electron chi connectivity index (χ2n) is 4.20. The van der Waals surface area contributed by atoms with Gasteiger partial charge < -0.3 is 10.5 Å². The lowest BCUT2D eigenvalue weighted by Crippen LogP contribution is -2.20. The van der Waals surface area contributed by atoms with Crippen molar-refractivity contribution >= 4 is 0 Å².